The van der Waals surface area contributed by atoms with Crippen LogP contribution in [0.4, 0.5) is 4.39 Å². The van der Waals surface area contributed by atoms with Crippen molar-refractivity contribution in [3.05, 3.63) is 35.6 Å². The van der Waals surface area contributed by atoms with Crippen LogP contribution in [0.3, 0.4) is 0 Å². The highest BCUT2D eigenvalue weighted by molar-refractivity contribution is 5.79. The van der Waals surface area contributed by atoms with Crippen LogP contribution < -0.4 is 10.6 Å². The fraction of sp³-hybridized carbons (Fsp3) is 0.632. The number of guanidine groups is 1. The Morgan fingerprint density at radius 2 is 1.84 bits per heavy atom. The third-order valence-corrected chi connectivity index (χ3v) is 4.73. The molecule has 1 aromatic carbocycles. The van der Waals surface area contributed by atoms with Crippen molar-refractivity contribution in [2.24, 2.45) is 4.99 Å². The number of hydrogen-bond donors (Lipinski definition) is 2. The van der Waals surface area contributed by atoms with E-state index in [0.717, 1.165) is 24.6 Å². The molecule has 0 bridgehead atoms. The van der Waals surface area contributed by atoms with E-state index in [-0.39, 0.29) is 11.9 Å². The van der Waals surface area contributed by atoms with Crippen LogP contribution in [-0.4, -0.2) is 69.6 Å². The van der Waals surface area contributed by atoms with Crippen LogP contribution in [-0.2, 0) is 0 Å². The molecule has 0 aliphatic carbocycles. The summed E-state index contributed by atoms with van der Waals surface area (Å²) in [6, 6.07) is 6.86. The second-order valence-corrected chi connectivity index (χ2v) is 6.81. The molecule has 1 heterocycles. The van der Waals surface area contributed by atoms with Crippen molar-refractivity contribution >= 4 is 5.96 Å². The van der Waals surface area contributed by atoms with E-state index >= 15 is 0 Å². The molecule has 25 heavy (non-hydrogen) atoms. The molecule has 0 saturated carbocycles. The van der Waals surface area contributed by atoms with Gasteiger partial charge in [-0.25, -0.2) is 4.39 Å². The van der Waals surface area contributed by atoms with Gasteiger partial charge in [-0.15, -0.1) is 0 Å². The van der Waals surface area contributed by atoms with Gasteiger partial charge in [0, 0.05) is 26.7 Å². The highest BCUT2D eigenvalue weighted by atomic mass is 19.1. The maximum atomic E-state index is 13.2. The summed E-state index contributed by atoms with van der Waals surface area (Å²) < 4.78 is 13.2. The summed E-state index contributed by atoms with van der Waals surface area (Å²) in [5, 5.41) is 6.78. The number of likely N-dealkylation sites (tertiary alicyclic amines) is 1. The average molecular weight is 349 g/mol. The number of piperidine rings is 1. The smallest absolute Gasteiger partial charge is 0.191 e. The average Bonchev–Trinajstić information content (AvgIpc) is 2.62. The van der Waals surface area contributed by atoms with Gasteiger partial charge in [-0.1, -0.05) is 18.6 Å². The zero-order chi connectivity index (χ0) is 18.1. The minimum Gasteiger partial charge on any atom is -0.355 e. The Bertz CT molecular complexity index is 523. The molecule has 1 fully saturated rings. The maximum Gasteiger partial charge on any atom is 0.191 e. The summed E-state index contributed by atoms with van der Waals surface area (Å²) in [7, 11) is 5.85. The lowest BCUT2D eigenvalue weighted by atomic mass is 10.1. The van der Waals surface area contributed by atoms with Crippen LogP contribution in [0.25, 0.3) is 0 Å². The number of nitrogens with one attached hydrogen (secondary N) is 2. The Morgan fingerprint density at radius 3 is 2.44 bits per heavy atom. The molecule has 2 N–H and O–H groups in total. The first-order valence-corrected chi connectivity index (χ1v) is 9.19. The van der Waals surface area contributed by atoms with Crippen molar-refractivity contribution in [3.63, 3.8) is 0 Å². The van der Waals surface area contributed by atoms with E-state index in [1.165, 1.54) is 44.5 Å². The van der Waals surface area contributed by atoms with E-state index in [1.54, 1.807) is 7.05 Å². The highest BCUT2D eigenvalue weighted by Crippen LogP contribution is 2.17. The number of halogens is 1. The molecule has 0 amide bonds. The van der Waals surface area contributed by atoms with E-state index in [4.69, 9.17) is 0 Å². The Labute approximate surface area is 151 Å². The molecule has 0 spiro atoms. The van der Waals surface area contributed by atoms with E-state index in [1.807, 2.05) is 26.2 Å². The molecule has 1 unspecified atom stereocenters. The lowest BCUT2D eigenvalue weighted by Gasteiger charge is -2.28. The summed E-state index contributed by atoms with van der Waals surface area (Å²) in [6.07, 6.45) is 3.99. The van der Waals surface area contributed by atoms with Crippen molar-refractivity contribution in [2.45, 2.75) is 25.3 Å². The Balaban J connectivity index is 1.79. The summed E-state index contributed by atoms with van der Waals surface area (Å²) in [5.41, 5.74) is 1.09. The quantitative estimate of drug-likeness (QED) is 0.584. The lowest BCUT2D eigenvalue weighted by Crippen LogP contribution is -2.44. The molecular formula is C19H32FN5. The normalized spacial score (nSPS) is 17.6. The van der Waals surface area contributed by atoms with Gasteiger partial charge in [-0.3, -0.25) is 4.99 Å². The second-order valence-electron chi connectivity index (χ2n) is 6.81. The number of rotatable bonds is 7. The third-order valence-electron chi connectivity index (χ3n) is 4.73. The molecule has 2 rings (SSSR count). The molecule has 1 atom stereocenters. The van der Waals surface area contributed by atoms with Gasteiger partial charge in [0.1, 0.15) is 5.82 Å². The summed E-state index contributed by atoms with van der Waals surface area (Å²) in [6.45, 7) is 5.07. The predicted molar refractivity (Wildman–Crippen MR) is 102 cm³/mol. The molecule has 5 nitrogen and oxygen atoms in total. The maximum absolute atomic E-state index is 13.2. The topological polar surface area (TPSA) is 42.9 Å². The van der Waals surface area contributed by atoms with Gasteiger partial charge in [0.25, 0.3) is 0 Å². The van der Waals surface area contributed by atoms with Crippen LogP contribution in [0.5, 0.6) is 0 Å². The van der Waals surface area contributed by atoms with Crippen LogP contribution in [0.15, 0.2) is 29.3 Å². The van der Waals surface area contributed by atoms with E-state index < -0.39 is 0 Å². The van der Waals surface area contributed by atoms with E-state index in [2.05, 4.69) is 25.4 Å². The van der Waals surface area contributed by atoms with Crippen LogP contribution >= 0.6 is 0 Å². The summed E-state index contributed by atoms with van der Waals surface area (Å²) in [4.78, 5) is 8.94. The van der Waals surface area contributed by atoms with Crippen LogP contribution in [0.2, 0.25) is 0 Å². The van der Waals surface area contributed by atoms with E-state index in [9.17, 15) is 4.39 Å². The number of aliphatic imine (C=N–C) groups is 1. The van der Waals surface area contributed by atoms with E-state index in [0.29, 0.717) is 6.54 Å². The lowest BCUT2D eigenvalue weighted by molar-refractivity contribution is 0.232. The molecule has 0 radical (unpaired) electrons. The van der Waals surface area contributed by atoms with Crippen molar-refractivity contribution in [3.8, 4) is 0 Å². The second kappa shape index (κ2) is 10.4. The first-order chi connectivity index (χ1) is 12.1. The largest absolute Gasteiger partial charge is 0.355 e. The molecule has 1 aliphatic heterocycles. The zero-order valence-electron chi connectivity index (χ0n) is 15.8. The molecule has 1 aromatic rings. The monoisotopic (exact) mass is 349 g/mol. The first-order valence-electron chi connectivity index (χ1n) is 9.19. The molecule has 6 heteroatoms. The predicted octanol–water partition coefficient (Wildman–Crippen LogP) is 2.08. The summed E-state index contributed by atoms with van der Waals surface area (Å²) >= 11 is 0. The zero-order valence-corrected chi connectivity index (χ0v) is 15.8. The third kappa shape index (κ3) is 6.63. The molecular weight excluding hydrogens is 317 g/mol. The number of likely N-dealkylation sites (N-methyl/N-ethyl adjacent to an activating group) is 1. The van der Waals surface area contributed by atoms with Gasteiger partial charge in [0.15, 0.2) is 5.96 Å². The summed E-state index contributed by atoms with van der Waals surface area (Å²) in [5.74, 6) is 0.607. The van der Waals surface area contributed by atoms with Gasteiger partial charge < -0.3 is 20.4 Å². The Kier molecular flexibility index (Phi) is 8.15. The minimum absolute atomic E-state index is 0.154. The number of benzene rings is 1. The first kappa shape index (κ1) is 19.7. The van der Waals surface area contributed by atoms with Gasteiger partial charge in [-0.05, 0) is 57.7 Å². The van der Waals surface area contributed by atoms with Gasteiger partial charge >= 0.3 is 0 Å². The molecule has 0 aromatic heterocycles. The van der Waals surface area contributed by atoms with Crippen LogP contribution in [0.1, 0.15) is 30.9 Å². The molecule has 1 aliphatic rings. The number of nitrogens with zero attached hydrogens (tertiary/aromatic N) is 3. The SMILES string of the molecule is CN=C(NCCN1CCCCC1)NCC(c1ccc(F)cc1)N(C)C. The highest BCUT2D eigenvalue weighted by Gasteiger charge is 2.15. The van der Waals surface area contributed by atoms with Crippen LogP contribution in [0, 0.1) is 5.82 Å². The van der Waals surface area contributed by atoms with Gasteiger partial charge in [0.2, 0.25) is 0 Å². The van der Waals surface area contributed by atoms with Crippen molar-refractivity contribution < 1.29 is 4.39 Å². The fourth-order valence-corrected chi connectivity index (χ4v) is 3.21. The molecule has 140 valence electrons. The van der Waals surface area contributed by atoms with Crippen molar-refractivity contribution in [1.82, 2.24) is 20.4 Å². The number of hydrogen-bond acceptors (Lipinski definition) is 3. The van der Waals surface area contributed by atoms with Crippen molar-refractivity contribution in [2.75, 3.05) is 53.9 Å². The minimum atomic E-state index is -0.204. The Hall–Kier alpha value is -1.66. The standard InChI is InChI=1S/C19H32FN5/c1-21-19(22-11-14-25-12-5-4-6-13-25)23-15-18(24(2)3)16-7-9-17(20)10-8-16/h7-10,18H,4-6,11-15H2,1-3H3,(H2,21,22,23). The molecule has 1 saturated heterocycles. The fourth-order valence-electron chi connectivity index (χ4n) is 3.21. The van der Waals surface area contributed by atoms with Gasteiger partial charge in [-0.2, -0.15) is 0 Å². The van der Waals surface area contributed by atoms with Gasteiger partial charge in [0.05, 0.1) is 6.04 Å². The van der Waals surface area contributed by atoms with Crippen molar-refractivity contribution in [1.29, 1.82) is 0 Å². The Morgan fingerprint density at radius 1 is 1.16 bits per heavy atom.